The Hall–Kier alpha value is -1.15. The zero-order valence-corrected chi connectivity index (χ0v) is 8.67. The zero-order valence-electron chi connectivity index (χ0n) is 7.85. The van der Waals surface area contributed by atoms with E-state index >= 15 is 0 Å². The van der Waals surface area contributed by atoms with Crippen LogP contribution in [0.3, 0.4) is 0 Å². The first kappa shape index (κ1) is 12.8. The molecule has 14 heavy (non-hydrogen) atoms. The minimum absolute atomic E-state index is 0.383. The average molecular weight is 224 g/mol. The highest BCUT2D eigenvalue weighted by Crippen LogP contribution is 1.96. The molecule has 0 radical (unpaired) electrons. The summed E-state index contributed by atoms with van der Waals surface area (Å²) in [6.45, 7) is -0.383. The molecule has 0 saturated carbocycles. The molecule has 0 fully saturated rings. The van der Waals surface area contributed by atoms with Crippen molar-refractivity contribution in [1.82, 2.24) is 9.62 Å². The molecule has 82 valence electrons. The van der Waals surface area contributed by atoms with Gasteiger partial charge in [0.15, 0.2) is 5.75 Å². The van der Waals surface area contributed by atoms with Gasteiger partial charge in [-0.05, 0) is 0 Å². The molecule has 0 heterocycles. The predicted molar refractivity (Wildman–Crippen MR) is 48.1 cm³/mol. The molecule has 0 aromatic carbocycles. The van der Waals surface area contributed by atoms with E-state index in [4.69, 9.17) is 5.11 Å². The number of rotatable bonds is 5. The third-order valence-electron chi connectivity index (χ3n) is 1.43. The first-order valence-electron chi connectivity index (χ1n) is 3.66. The SMILES string of the molecule is CNC(=O)CN(C)S(=O)(=O)CC(=O)O. The van der Waals surface area contributed by atoms with Crippen molar-refractivity contribution in [2.75, 3.05) is 26.4 Å². The molecule has 8 heteroatoms. The summed E-state index contributed by atoms with van der Waals surface area (Å²) < 4.78 is 23.0. The van der Waals surface area contributed by atoms with Gasteiger partial charge in [-0.2, -0.15) is 4.31 Å². The molecule has 0 bridgehead atoms. The number of carbonyl (C=O) groups excluding carboxylic acids is 1. The van der Waals surface area contributed by atoms with Crippen molar-refractivity contribution < 1.29 is 23.1 Å². The molecule has 0 aliphatic heterocycles. The van der Waals surface area contributed by atoms with E-state index in [2.05, 4.69) is 5.32 Å². The molecule has 0 atom stereocenters. The Morgan fingerprint density at radius 1 is 1.43 bits per heavy atom. The maximum atomic E-state index is 11.2. The van der Waals surface area contributed by atoms with E-state index in [1.807, 2.05) is 0 Å². The number of likely N-dealkylation sites (N-methyl/N-ethyl adjacent to an activating group) is 2. The van der Waals surface area contributed by atoms with Crippen LogP contribution in [0.4, 0.5) is 0 Å². The smallest absolute Gasteiger partial charge is 0.320 e. The molecule has 0 aliphatic rings. The number of nitrogens with zero attached hydrogens (tertiary/aromatic N) is 1. The summed E-state index contributed by atoms with van der Waals surface area (Å²) in [5.41, 5.74) is 0. The van der Waals surface area contributed by atoms with Crippen LogP contribution < -0.4 is 5.32 Å². The Balaban J connectivity index is 4.44. The summed E-state index contributed by atoms with van der Waals surface area (Å²) in [5.74, 6) is -2.96. The van der Waals surface area contributed by atoms with Crippen molar-refractivity contribution in [3.05, 3.63) is 0 Å². The molecule has 2 N–H and O–H groups in total. The second kappa shape index (κ2) is 4.91. The van der Waals surface area contributed by atoms with E-state index in [1.54, 1.807) is 0 Å². The van der Waals surface area contributed by atoms with Crippen molar-refractivity contribution >= 4 is 21.9 Å². The van der Waals surface area contributed by atoms with Crippen LogP contribution in [0.5, 0.6) is 0 Å². The minimum Gasteiger partial charge on any atom is -0.480 e. The number of carboxylic acid groups (broad SMARTS) is 1. The fourth-order valence-corrected chi connectivity index (χ4v) is 1.49. The van der Waals surface area contributed by atoms with Crippen LogP contribution in [0.15, 0.2) is 0 Å². The van der Waals surface area contributed by atoms with Gasteiger partial charge in [0, 0.05) is 14.1 Å². The third kappa shape index (κ3) is 4.19. The van der Waals surface area contributed by atoms with Crippen molar-refractivity contribution in [3.8, 4) is 0 Å². The van der Waals surface area contributed by atoms with Crippen LogP contribution in [0, 0.1) is 0 Å². The zero-order chi connectivity index (χ0) is 11.4. The Bertz CT molecular complexity index is 323. The van der Waals surface area contributed by atoms with Gasteiger partial charge in [0.1, 0.15) is 0 Å². The number of hydrogen-bond donors (Lipinski definition) is 2. The summed E-state index contributed by atoms with van der Waals surface area (Å²) in [7, 11) is -1.38. The molecule has 0 unspecified atom stereocenters. The Morgan fingerprint density at radius 3 is 2.29 bits per heavy atom. The average Bonchev–Trinajstić information content (AvgIpc) is 2.01. The van der Waals surface area contributed by atoms with Crippen molar-refractivity contribution in [2.24, 2.45) is 0 Å². The van der Waals surface area contributed by atoms with Gasteiger partial charge in [0.25, 0.3) is 0 Å². The van der Waals surface area contributed by atoms with E-state index in [0.29, 0.717) is 4.31 Å². The number of sulfonamides is 1. The molecule has 0 saturated heterocycles. The van der Waals surface area contributed by atoms with Gasteiger partial charge in [-0.15, -0.1) is 0 Å². The first-order chi connectivity index (χ1) is 6.29. The number of aliphatic carboxylic acids is 1. The van der Waals surface area contributed by atoms with Gasteiger partial charge in [-0.3, -0.25) is 9.59 Å². The highest BCUT2D eigenvalue weighted by molar-refractivity contribution is 7.89. The maximum absolute atomic E-state index is 11.2. The molecular formula is C6H12N2O5S. The monoisotopic (exact) mass is 224 g/mol. The fourth-order valence-electron chi connectivity index (χ4n) is 0.646. The lowest BCUT2D eigenvalue weighted by atomic mass is 10.6. The lowest BCUT2D eigenvalue weighted by molar-refractivity contribution is -0.134. The standard InChI is InChI=1S/C6H12N2O5S/c1-7-5(9)3-8(2)14(12,13)4-6(10)11/h3-4H2,1-2H3,(H,7,9)(H,10,11). The maximum Gasteiger partial charge on any atom is 0.320 e. The number of hydrogen-bond acceptors (Lipinski definition) is 4. The molecule has 1 amide bonds. The molecule has 7 nitrogen and oxygen atoms in total. The molecule has 0 aromatic heterocycles. The van der Waals surface area contributed by atoms with Crippen LogP contribution in [0.25, 0.3) is 0 Å². The highest BCUT2D eigenvalue weighted by atomic mass is 32.2. The largest absolute Gasteiger partial charge is 0.480 e. The van der Waals surface area contributed by atoms with Gasteiger partial charge >= 0.3 is 5.97 Å². The molecule has 0 rings (SSSR count). The normalized spacial score (nSPS) is 11.4. The van der Waals surface area contributed by atoms with E-state index in [-0.39, 0.29) is 6.54 Å². The molecule has 0 aliphatic carbocycles. The van der Waals surface area contributed by atoms with Crippen molar-refractivity contribution in [1.29, 1.82) is 0 Å². The second-order valence-corrected chi connectivity index (χ2v) is 4.66. The third-order valence-corrected chi connectivity index (χ3v) is 3.12. The van der Waals surface area contributed by atoms with Crippen LogP contribution in [0.1, 0.15) is 0 Å². The van der Waals surface area contributed by atoms with E-state index in [1.165, 1.54) is 7.05 Å². The van der Waals surface area contributed by atoms with Crippen LogP contribution in [-0.4, -0.2) is 56.1 Å². The highest BCUT2D eigenvalue weighted by Gasteiger charge is 2.22. The Morgan fingerprint density at radius 2 is 1.93 bits per heavy atom. The summed E-state index contributed by atoms with van der Waals surface area (Å²) in [4.78, 5) is 21.0. The summed E-state index contributed by atoms with van der Waals surface area (Å²) in [6, 6.07) is 0. The molecule has 0 aromatic rings. The van der Waals surface area contributed by atoms with E-state index in [0.717, 1.165) is 7.05 Å². The fraction of sp³-hybridized carbons (Fsp3) is 0.667. The van der Waals surface area contributed by atoms with Crippen LogP contribution in [-0.2, 0) is 19.6 Å². The number of carboxylic acids is 1. The predicted octanol–water partition coefficient (Wildman–Crippen LogP) is -1.92. The van der Waals surface area contributed by atoms with E-state index in [9.17, 15) is 18.0 Å². The van der Waals surface area contributed by atoms with Gasteiger partial charge in [-0.1, -0.05) is 0 Å². The summed E-state index contributed by atoms with van der Waals surface area (Å²) in [6.07, 6.45) is 0. The Labute approximate surface area is 81.8 Å². The van der Waals surface area contributed by atoms with Crippen molar-refractivity contribution in [2.45, 2.75) is 0 Å². The minimum atomic E-state index is -3.89. The number of amides is 1. The van der Waals surface area contributed by atoms with Crippen LogP contribution >= 0.6 is 0 Å². The molecular weight excluding hydrogens is 212 g/mol. The second-order valence-electron chi connectivity index (χ2n) is 2.58. The van der Waals surface area contributed by atoms with Gasteiger partial charge in [0.2, 0.25) is 15.9 Å². The molecule has 0 spiro atoms. The number of carbonyl (C=O) groups is 2. The number of nitrogens with one attached hydrogen (secondary N) is 1. The Kier molecular flexibility index (Phi) is 4.51. The van der Waals surface area contributed by atoms with Crippen molar-refractivity contribution in [3.63, 3.8) is 0 Å². The van der Waals surface area contributed by atoms with Gasteiger partial charge < -0.3 is 10.4 Å². The first-order valence-corrected chi connectivity index (χ1v) is 5.27. The quantitative estimate of drug-likeness (QED) is 0.566. The summed E-state index contributed by atoms with van der Waals surface area (Å²) >= 11 is 0. The van der Waals surface area contributed by atoms with Gasteiger partial charge in [0.05, 0.1) is 6.54 Å². The van der Waals surface area contributed by atoms with E-state index < -0.39 is 27.7 Å². The topological polar surface area (TPSA) is 104 Å². The lowest BCUT2D eigenvalue weighted by Gasteiger charge is -2.14. The van der Waals surface area contributed by atoms with Gasteiger partial charge in [-0.25, -0.2) is 8.42 Å². The summed E-state index contributed by atoms with van der Waals surface area (Å²) in [5, 5.41) is 10.5. The van der Waals surface area contributed by atoms with Crippen LogP contribution in [0.2, 0.25) is 0 Å². The lowest BCUT2D eigenvalue weighted by Crippen LogP contribution is -2.39.